The lowest BCUT2D eigenvalue weighted by molar-refractivity contribution is -0.137. The molecule has 5 unspecified atom stereocenters. The number of aryl methyl sites for hydroxylation is 6. The largest absolute Gasteiger partial charge is 0.444 e. The van der Waals surface area contributed by atoms with Crippen LogP contribution in [0.5, 0.6) is 0 Å². The van der Waals surface area contributed by atoms with Crippen LogP contribution in [0.1, 0.15) is 175 Å². The second-order valence-corrected chi connectivity index (χ2v) is 35.3. The normalized spacial score (nSPS) is 16.0. The molecule has 5 N–H and O–H groups in total. The van der Waals surface area contributed by atoms with E-state index in [-0.39, 0.29) is 134 Å². The van der Waals surface area contributed by atoms with Gasteiger partial charge in [-0.15, -0.1) is 18.8 Å². The highest BCUT2D eigenvalue weighted by atomic mass is 79.9. The summed E-state index contributed by atoms with van der Waals surface area (Å²) < 4.78 is 50.4. The molecule has 0 saturated carbocycles. The van der Waals surface area contributed by atoms with E-state index in [2.05, 4.69) is 60.3 Å². The number of hydrogen-bond acceptors (Lipinski definition) is 23. The number of imidazole rings is 4. The van der Waals surface area contributed by atoms with Gasteiger partial charge >= 0.3 is 41.0 Å². The lowest BCUT2D eigenvalue weighted by atomic mass is 10.0. The first kappa shape index (κ1) is 112. The van der Waals surface area contributed by atoms with Gasteiger partial charge in [-0.3, -0.25) is 96.2 Å². The predicted molar refractivity (Wildman–Crippen MR) is 513 cm³/mol. The molecule has 0 spiro atoms. The van der Waals surface area contributed by atoms with E-state index >= 15 is 0 Å². The van der Waals surface area contributed by atoms with Gasteiger partial charge in [0.15, 0.2) is 0 Å². The summed E-state index contributed by atoms with van der Waals surface area (Å²) >= 11 is 3.42. The number of fused-ring (bicyclic) bond motifs is 4. The Kier molecular flexibility index (Phi) is 43.0. The summed E-state index contributed by atoms with van der Waals surface area (Å²) in [6.45, 7) is 21.8. The minimum Gasteiger partial charge on any atom is -0.444 e. The molecule has 11 amide bonds. The number of benzene rings is 4. The van der Waals surface area contributed by atoms with E-state index in [4.69, 9.17) is 39.6 Å². The topological polar surface area (TPSA) is 430 Å². The van der Waals surface area contributed by atoms with Crippen LogP contribution < -0.4 is 49.3 Å². The molecule has 8 aromatic rings. The van der Waals surface area contributed by atoms with Crippen molar-refractivity contribution in [3.05, 3.63) is 136 Å². The van der Waals surface area contributed by atoms with Gasteiger partial charge in [0, 0.05) is 119 Å². The molecular weight excluding hydrogens is 1830 g/mol. The molecule has 4 aliphatic rings. The average Bonchev–Trinajstić information content (AvgIpc) is 1.62. The third kappa shape index (κ3) is 30.5. The Labute approximate surface area is 790 Å². The van der Waals surface area contributed by atoms with Gasteiger partial charge in [-0.05, 0) is 184 Å². The first-order chi connectivity index (χ1) is 61.4. The third-order valence-corrected chi connectivity index (χ3v) is 21.6. The van der Waals surface area contributed by atoms with Gasteiger partial charge in [-0.1, -0.05) is 61.6 Å². The van der Waals surface area contributed by atoms with E-state index in [1.165, 1.54) is 42.1 Å². The van der Waals surface area contributed by atoms with Crippen LogP contribution in [0.25, 0.3) is 44.1 Å². The molecule has 41 heteroatoms. The molecule has 38 nitrogen and oxygen atoms in total. The number of rotatable bonds is 26. The lowest BCUT2D eigenvalue weighted by Crippen LogP contribution is -2.44. The number of amides is 11. The van der Waals surface area contributed by atoms with E-state index < -0.39 is 70.7 Å². The fourth-order valence-corrected chi connectivity index (χ4v) is 15.3. The van der Waals surface area contributed by atoms with E-state index in [1.54, 1.807) is 104 Å². The average molecular weight is 1960 g/mol. The molecule has 0 bridgehead atoms. The molecule has 4 saturated heterocycles. The number of terminal acetylenes is 1. The molecule has 4 aliphatic heterocycles. The van der Waals surface area contributed by atoms with E-state index in [0.717, 1.165) is 63.5 Å². The molecular formula is C92H129BrClN16O22P. The lowest BCUT2D eigenvalue weighted by Gasteiger charge is -2.24. The van der Waals surface area contributed by atoms with Crippen molar-refractivity contribution in [2.24, 2.45) is 28.2 Å². The van der Waals surface area contributed by atoms with Crippen LogP contribution in [-0.4, -0.2) is 241 Å². The molecule has 4 aromatic carbocycles. The summed E-state index contributed by atoms with van der Waals surface area (Å²) in [6, 6.07) is 19.5. The molecule has 133 heavy (non-hydrogen) atoms. The smallest absolute Gasteiger partial charge is 0.410 e. The summed E-state index contributed by atoms with van der Waals surface area (Å²) in [5.41, 5.74) is 5.59. The van der Waals surface area contributed by atoms with Gasteiger partial charge in [0.1, 0.15) is 54.2 Å². The summed E-state index contributed by atoms with van der Waals surface area (Å²) in [6.07, 6.45) is 9.02. The maximum atomic E-state index is 13.0. The van der Waals surface area contributed by atoms with Gasteiger partial charge < -0.3 is 53.2 Å². The van der Waals surface area contributed by atoms with E-state index in [1.807, 2.05) is 97.1 Å². The number of nitrogens with one attached hydrogen (secondary N) is 5. The van der Waals surface area contributed by atoms with Gasteiger partial charge in [-0.25, -0.2) is 33.6 Å². The Hall–Kier alpha value is -11.6. The summed E-state index contributed by atoms with van der Waals surface area (Å²) in [7, 11) is 13.6. The summed E-state index contributed by atoms with van der Waals surface area (Å²) in [5.74, 6) is 5.32. The van der Waals surface area contributed by atoms with Crippen LogP contribution in [0, 0.1) is 24.2 Å². The number of halogens is 2. The van der Waals surface area contributed by atoms with Gasteiger partial charge in [0.05, 0.1) is 76.1 Å². The quantitative estimate of drug-likeness (QED) is 0.0113. The van der Waals surface area contributed by atoms with Crippen LogP contribution in [-0.2, 0) is 113 Å². The van der Waals surface area contributed by atoms with Crippen LogP contribution in [0.15, 0.2) is 96.4 Å². The van der Waals surface area contributed by atoms with Crippen molar-refractivity contribution in [1.29, 1.82) is 0 Å². The number of nitrogens with zero attached hydrogens (tertiary/aromatic N) is 11. The Bertz CT molecular complexity index is 5860. The van der Waals surface area contributed by atoms with Crippen molar-refractivity contribution in [3.8, 4) is 24.2 Å². The minimum atomic E-state index is -0.748. The Morgan fingerprint density at radius 2 is 0.744 bits per heavy atom. The molecule has 8 heterocycles. The van der Waals surface area contributed by atoms with Gasteiger partial charge in [0.25, 0.3) is 0 Å². The molecule has 0 aliphatic carbocycles. The number of carbonyl (C=O) groups excluding carboxylic acids is 11. The Morgan fingerprint density at radius 1 is 0.444 bits per heavy atom. The predicted octanol–water partition coefficient (Wildman–Crippen LogP) is 7.87. The number of aromatic nitrogens is 8. The maximum absolute atomic E-state index is 13.0. The molecule has 5 atom stereocenters. The van der Waals surface area contributed by atoms with E-state index in [9.17, 15) is 71.9 Å². The number of para-hydroxylation sites is 4. The first-order valence-electron chi connectivity index (χ1n) is 42.9. The number of carbonyl (C=O) groups is 11. The number of hydrogen-bond donors (Lipinski definition) is 5. The fourth-order valence-electron chi connectivity index (χ4n) is 14.7. The van der Waals surface area contributed by atoms with Crippen LogP contribution in [0.2, 0.25) is 0 Å². The SMILES string of the molecule is C.C#CCOCCN(C)C(=O)OC(C)(C)C.CN(CCOCC#Cc1cccc2c1n(C)c(=O)n2C1CCC(=O)NC1=O)C(=O)OC(C)(C)C.CN(CCOCCCc1cccc2c1n(C)c(=O)n2C1CCC(=O)NC1=O)C(=O)OC(C)(C)C.CNCCOCCCc1cccc2c1n(C)c(=O)n2C1CCC(=O)NC1=O.Cl.Cn1c(=O)n(C2CCC(=O)NC2=O)c2cccc(Br)c21.P. The zero-order valence-corrected chi connectivity index (χ0v) is 82.0. The minimum absolute atomic E-state index is 0. The highest BCUT2D eigenvalue weighted by molar-refractivity contribution is 9.10. The Balaban J connectivity index is 0.000000300. The van der Waals surface area contributed by atoms with E-state index in [0.29, 0.717) is 113 Å². The Morgan fingerprint density at radius 3 is 1.08 bits per heavy atom. The zero-order valence-electron chi connectivity index (χ0n) is 78.2. The van der Waals surface area contributed by atoms with Crippen molar-refractivity contribution in [3.63, 3.8) is 0 Å². The van der Waals surface area contributed by atoms with Crippen molar-refractivity contribution in [2.75, 3.05) is 107 Å². The van der Waals surface area contributed by atoms with Crippen LogP contribution >= 0.6 is 38.2 Å². The highest BCUT2D eigenvalue weighted by Gasteiger charge is 2.37. The standard InChI is InChI=1S/C24H34N4O6.C24H30N4O6.C19H26N4O4.C13H12BrN3O3.C11H19NO3.CH4.ClH.H3P/c2*1-24(2,3)34-23(32)26(4)13-15-33-14-7-9-16-8-6-10-17-20(16)27(5)22(31)28(17)18-11-12-19(29)25-21(18)30;1-20-10-12-27-11-4-6-13-5-3-7-14-17(13)22(2)19(26)23(14)15-8-9-16(24)21-18(15)25;1-16-11-7(14)3-2-4-8(11)17(13(16)20)9-5-6-10(18)15-12(9)19;1-6-8-14-9-7-12(5)10(13)15-11(2,3)4;;;/h6,8,10,18H,7,9,11-15H2,1-5H3,(H,25,29,30);6,8,10,18H,11-15H2,1-5H3,(H,25,29,30);3,5,7,15,20H,4,6,8-12H2,1-2H3,(H,21,24,25);2-4,9H,5-6H2,1H3,(H,15,18,19);1H,7-9H2,2-5H3;1H4;1H;1H3. The van der Waals surface area contributed by atoms with Gasteiger partial charge in [-0.2, -0.15) is 9.90 Å². The number of ether oxygens (including phenoxy) is 7. The van der Waals surface area contributed by atoms with Crippen molar-refractivity contribution in [2.45, 2.75) is 188 Å². The third-order valence-electron chi connectivity index (χ3n) is 21.0. The second kappa shape index (κ2) is 51.1. The molecule has 4 fully saturated rings. The zero-order chi connectivity index (χ0) is 95.8. The monoisotopic (exact) mass is 1950 g/mol. The summed E-state index contributed by atoms with van der Waals surface area (Å²) in [4.78, 5) is 186. The highest BCUT2D eigenvalue weighted by Crippen LogP contribution is 2.31. The number of piperidine rings is 4. The molecule has 728 valence electrons. The second-order valence-electron chi connectivity index (χ2n) is 34.4. The van der Waals surface area contributed by atoms with Crippen molar-refractivity contribution < 1.29 is 85.9 Å². The summed E-state index contributed by atoms with van der Waals surface area (Å²) in [5, 5.41) is 12.3. The fraction of sp³-hybridized carbons (Fsp3) is 0.533. The van der Waals surface area contributed by atoms with Crippen molar-refractivity contribution >= 4 is 148 Å². The van der Waals surface area contributed by atoms with Crippen molar-refractivity contribution in [1.82, 2.24) is 77.8 Å². The number of likely N-dealkylation sites (N-methyl/N-ethyl adjacent to an activating group) is 4. The maximum Gasteiger partial charge on any atom is 0.410 e. The van der Waals surface area contributed by atoms with Crippen LogP contribution in [0.3, 0.4) is 0 Å². The molecule has 12 rings (SSSR count). The van der Waals surface area contributed by atoms with Crippen LogP contribution in [0.4, 0.5) is 14.4 Å². The molecule has 4 aromatic heterocycles. The van der Waals surface area contributed by atoms with Gasteiger partial charge in [0.2, 0.25) is 47.3 Å². The number of imide groups is 4. The first-order valence-corrected chi connectivity index (χ1v) is 43.7. The molecule has 0 radical (unpaired) electrons.